The molecule has 3 rings (SSSR count). The van der Waals surface area contributed by atoms with Gasteiger partial charge in [-0.3, -0.25) is 4.79 Å². The fraction of sp³-hybridized carbons (Fsp3) is 0.364. The monoisotopic (exact) mass is 439 g/mol. The Kier molecular flexibility index (Phi) is 6.13. The smallest absolute Gasteiger partial charge is 0.426 e. The van der Waals surface area contributed by atoms with Gasteiger partial charge in [0, 0.05) is 6.07 Å². The molecule has 0 N–H and O–H groups in total. The van der Waals surface area contributed by atoms with Gasteiger partial charge < -0.3 is 9.47 Å². The van der Waals surface area contributed by atoms with Crippen molar-refractivity contribution in [3.63, 3.8) is 0 Å². The Morgan fingerprint density at radius 3 is 2.47 bits per heavy atom. The predicted octanol–water partition coefficient (Wildman–Crippen LogP) is 6.44. The average molecular weight is 440 g/mol. The second kappa shape index (κ2) is 8.30. The molecule has 1 heterocycles. The SMILES string of the molecule is CC(OC(=O)[C@@H]1[C@@H](C=C(Cl)C(F)(F)F)C1(C)C)c1cccc(Oc2ccccc2)n1. The lowest BCUT2D eigenvalue weighted by molar-refractivity contribution is -0.151. The van der Waals surface area contributed by atoms with Gasteiger partial charge in [-0.15, -0.1) is 0 Å². The third kappa shape index (κ3) is 4.95. The lowest BCUT2D eigenvalue weighted by Crippen LogP contribution is -2.14. The first-order valence-corrected chi connectivity index (χ1v) is 9.73. The summed E-state index contributed by atoms with van der Waals surface area (Å²) in [7, 11) is 0. The molecule has 3 atom stereocenters. The summed E-state index contributed by atoms with van der Waals surface area (Å²) in [6, 6.07) is 14.2. The van der Waals surface area contributed by atoms with E-state index in [1.165, 1.54) is 0 Å². The van der Waals surface area contributed by atoms with E-state index < -0.39 is 40.5 Å². The first kappa shape index (κ1) is 22.2. The Labute approximate surface area is 177 Å². The van der Waals surface area contributed by atoms with Gasteiger partial charge in [-0.05, 0) is 36.5 Å². The van der Waals surface area contributed by atoms with Crippen LogP contribution < -0.4 is 4.74 Å². The minimum absolute atomic E-state index is 0.339. The topological polar surface area (TPSA) is 48.4 Å². The summed E-state index contributed by atoms with van der Waals surface area (Å²) >= 11 is 5.33. The van der Waals surface area contributed by atoms with Crippen molar-refractivity contribution in [2.45, 2.75) is 33.1 Å². The van der Waals surface area contributed by atoms with Crippen molar-refractivity contribution in [1.29, 1.82) is 0 Å². The van der Waals surface area contributed by atoms with E-state index >= 15 is 0 Å². The summed E-state index contributed by atoms with van der Waals surface area (Å²) in [6.07, 6.45) is -4.44. The van der Waals surface area contributed by atoms with Gasteiger partial charge in [0.25, 0.3) is 0 Å². The first-order valence-electron chi connectivity index (χ1n) is 9.35. The van der Waals surface area contributed by atoms with Gasteiger partial charge in [-0.2, -0.15) is 13.2 Å². The molecule has 8 heteroatoms. The van der Waals surface area contributed by atoms with Crippen LogP contribution in [0.1, 0.15) is 32.6 Å². The summed E-state index contributed by atoms with van der Waals surface area (Å²) < 4.78 is 49.3. The molecule has 30 heavy (non-hydrogen) atoms. The highest BCUT2D eigenvalue weighted by atomic mass is 35.5. The highest BCUT2D eigenvalue weighted by Gasteiger charge is 2.62. The number of alkyl halides is 3. The minimum atomic E-state index is -4.63. The van der Waals surface area contributed by atoms with Gasteiger partial charge in [0.15, 0.2) is 0 Å². The Morgan fingerprint density at radius 2 is 1.83 bits per heavy atom. The van der Waals surface area contributed by atoms with E-state index in [1.54, 1.807) is 51.1 Å². The number of halogens is 4. The van der Waals surface area contributed by atoms with Crippen LogP contribution in [-0.4, -0.2) is 17.1 Å². The van der Waals surface area contributed by atoms with E-state index in [1.807, 2.05) is 18.2 Å². The molecular formula is C22H21ClF3NO3. The van der Waals surface area contributed by atoms with Crippen molar-refractivity contribution in [1.82, 2.24) is 4.98 Å². The largest absolute Gasteiger partial charge is 0.456 e. The quantitative estimate of drug-likeness (QED) is 0.486. The summed E-state index contributed by atoms with van der Waals surface area (Å²) in [6.45, 7) is 5.06. The summed E-state index contributed by atoms with van der Waals surface area (Å²) in [4.78, 5) is 16.9. The van der Waals surface area contributed by atoms with Crippen LogP contribution in [0.2, 0.25) is 0 Å². The molecule has 0 bridgehead atoms. The van der Waals surface area contributed by atoms with Crippen LogP contribution in [0, 0.1) is 17.3 Å². The number of aromatic nitrogens is 1. The van der Waals surface area contributed by atoms with Gasteiger partial charge in [0.2, 0.25) is 5.88 Å². The molecule has 1 aromatic carbocycles. The maximum atomic E-state index is 12.7. The standard InChI is InChI=1S/C22H21ClF3NO3/c1-13(16-10-7-11-18(27-16)30-14-8-5-4-6-9-14)29-20(28)19-15(21(19,2)3)12-17(23)22(24,25)26/h4-13,15,19H,1-3H3/t13?,15-,19+/m1/s1. The van der Waals surface area contributed by atoms with Crippen LogP contribution in [0.25, 0.3) is 0 Å². The van der Waals surface area contributed by atoms with E-state index in [4.69, 9.17) is 21.1 Å². The van der Waals surface area contributed by atoms with E-state index in [-0.39, 0.29) is 0 Å². The van der Waals surface area contributed by atoms with Crippen molar-refractivity contribution in [2.75, 3.05) is 0 Å². The van der Waals surface area contributed by atoms with Crippen molar-refractivity contribution in [2.24, 2.45) is 17.3 Å². The summed E-state index contributed by atoms with van der Waals surface area (Å²) in [5.74, 6) is -0.989. The number of nitrogens with zero attached hydrogens (tertiary/aromatic N) is 1. The van der Waals surface area contributed by atoms with E-state index in [2.05, 4.69) is 4.98 Å². The molecule has 2 aromatic rings. The van der Waals surface area contributed by atoms with Gasteiger partial charge in [-0.25, -0.2) is 4.98 Å². The van der Waals surface area contributed by atoms with Gasteiger partial charge in [0.05, 0.1) is 11.6 Å². The van der Waals surface area contributed by atoms with Crippen LogP contribution >= 0.6 is 11.6 Å². The number of benzene rings is 1. The molecule has 1 aromatic heterocycles. The highest BCUT2D eigenvalue weighted by Crippen LogP contribution is 2.60. The molecular weight excluding hydrogens is 419 g/mol. The molecule has 0 radical (unpaired) electrons. The Morgan fingerprint density at radius 1 is 1.17 bits per heavy atom. The Bertz CT molecular complexity index is 944. The van der Waals surface area contributed by atoms with Crippen LogP contribution in [0.15, 0.2) is 59.6 Å². The van der Waals surface area contributed by atoms with E-state index in [0.717, 1.165) is 6.08 Å². The molecule has 1 unspecified atom stereocenters. The maximum Gasteiger partial charge on any atom is 0.426 e. The molecule has 0 amide bonds. The normalized spacial score (nSPS) is 21.6. The molecule has 1 aliphatic rings. The van der Waals surface area contributed by atoms with Gasteiger partial charge in [0.1, 0.15) is 16.9 Å². The Balaban J connectivity index is 1.67. The number of para-hydroxylation sites is 1. The zero-order valence-corrected chi connectivity index (χ0v) is 17.4. The van der Waals surface area contributed by atoms with Crippen LogP contribution in [0.5, 0.6) is 11.6 Å². The molecule has 1 fully saturated rings. The highest BCUT2D eigenvalue weighted by molar-refractivity contribution is 6.30. The fourth-order valence-electron chi connectivity index (χ4n) is 3.32. The zero-order chi connectivity index (χ0) is 22.1. The van der Waals surface area contributed by atoms with Crippen LogP contribution in [0.4, 0.5) is 13.2 Å². The summed E-state index contributed by atoms with van der Waals surface area (Å²) in [5.41, 5.74) is -0.205. The minimum Gasteiger partial charge on any atom is -0.456 e. The third-order valence-electron chi connectivity index (χ3n) is 5.18. The number of hydrogen-bond donors (Lipinski definition) is 0. The molecule has 4 nitrogen and oxygen atoms in total. The van der Waals surface area contributed by atoms with E-state index in [0.29, 0.717) is 17.3 Å². The van der Waals surface area contributed by atoms with Crippen molar-refractivity contribution < 1.29 is 27.4 Å². The molecule has 1 saturated carbocycles. The second-order valence-corrected chi connectivity index (χ2v) is 8.14. The molecule has 0 saturated heterocycles. The number of hydrogen-bond acceptors (Lipinski definition) is 4. The van der Waals surface area contributed by atoms with Crippen molar-refractivity contribution >= 4 is 17.6 Å². The zero-order valence-electron chi connectivity index (χ0n) is 16.6. The molecule has 0 spiro atoms. The number of carbonyl (C=O) groups excluding carboxylic acids is 1. The maximum absolute atomic E-state index is 12.7. The number of pyridine rings is 1. The predicted molar refractivity (Wildman–Crippen MR) is 106 cm³/mol. The van der Waals surface area contributed by atoms with Crippen molar-refractivity contribution in [3.8, 4) is 11.6 Å². The average Bonchev–Trinajstić information content (AvgIpc) is 3.22. The molecule has 160 valence electrons. The van der Waals surface area contributed by atoms with Crippen molar-refractivity contribution in [3.05, 3.63) is 65.3 Å². The number of esters is 1. The van der Waals surface area contributed by atoms with Crippen LogP contribution in [-0.2, 0) is 9.53 Å². The lowest BCUT2D eigenvalue weighted by Gasteiger charge is -2.14. The number of ether oxygens (including phenoxy) is 2. The second-order valence-electron chi connectivity index (χ2n) is 7.73. The summed E-state index contributed by atoms with van der Waals surface area (Å²) in [5, 5.41) is -1.23. The number of allylic oxidation sites excluding steroid dienone is 2. The van der Waals surface area contributed by atoms with Gasteiger partial charge in [-0.1, -0.05) is 55.8 Å². The number of rotatable bonds is 6. The van der Waals surface area contributed by atoms with E-state index in [9.17, 15) is 18.0 Å². The fourth-order valence-corrected chi connectivity index (χ4v) is 3.46. The lowest BCUT2D eigenvalue weighted by atomic mass is 10.1. The Hall–Kier alpha value is -2.54. The molecule has 1 aliphatic carbocycles. The van der Waals surface area contributed by atoms with Gasteiger partial charge >= 0.3 is 12.1 Å². The third-order valence-corrected chi connectivity index (χ3v) is 5.52. The van der Waals surface area contributed by atoms with Crippen LogP contribution in [0.3, 0.4) is 0 Å². The first-order chi connectivity index (χ1) is 14.0. The molecule has 0 aliphatic heterocycles. The number of carbonyl (C=O) groups is 1.